The van der Waals surface area contributed by atoms with E-state index in [1.54, 1.807) is 11.3 Å². The second-order valence-electron chi connectivity index (χ2n) is 10.8. The van der Waals surface area contributed by atoms with Crippen LogP contribution in [-0.2, 0) is 11.2 Å². The molecule has 6 nitrogen and oxygen atoms in total. The number of carboxylic acid groups (broad SMARTS) is 1. The Hall–Kier alpha value is -2.67. The van der Waals surface area contributed by atoms with Crippen LogP contribution in [0.25, 0.3) is 11.0 Å². The first kappa shape index (κ1) is 25.0. The fraction of sp³-hybridized carbons (Fsp3) is 0.552. The van der Waals surface area contributed by atoms with Gasteiger partial charge in [0.1, 0.15) is 11.9 Å². The molecular formula is C29H37N3O3S. The summed E-state index contributed by atoms with van der Waals surface area (Å²) in [7, 11) is 0. The Labute approximate surface area is 217 Å². The van der Waals surface area contributed by atoms with E-state index < -0.39 is 12.0 Å². The van der Waals surface area contributed by atoms with Gasteiger partial charge in [0.25, 0.3) is 5.91 Å². The maximum Gasteiger partial charge on any atom is 0.326 e. The summed E-state index contributed by atoms with van der Waals surface area (Å²) < 4.78 is 2.42. The number of carbonyl (C=O) groups is 2. The number of hydrogen-bond donors (Lipinski definition) is 2. The fourth-order valence-electron chi connectivity index (χ4n) is 6.25. The molecule has 2 fully saturated rings. The highest BCUT2D eigenvalue weighted by molar-refractivity contribution is 7.09. The molecule has 192 valence electrons. The molecule has 2 aliphatic rings. The van der Waals surface area contributed by atoms with Crippen LogP contribution in [-0.4, -0.2) is 32.6 Å². The molecule has 0 saturated heterocycles. The number of carbonyl (C=O) groups excluding carboxylic acids is 1. The number of nitrogens with one attached hydrogen (secondary N) is 1. The van der Waals surface area contributed by atoms with Gasteiger partial charge in [-0.3, -0.25) is 4.79 Å². The maximum atomic E-state index is 13.1. The summed E-state index contributed by atoms with van der Waals surface area (Å²) in [6, 6.07) is 9.45. The monoisotopic (exact) mass is 507 g/mol. The number of amides is 1. The summed E-state index contributed by atoms with van der Waals surface area (Å²) >= 11 is 1.74. The van der Waals surface area contributed by atoms with Crippen LogP contribution < -0.4 is 5.32 Å². The molecule has 7 heteroatoms. The highest BCUT2D eigenvalue weighted by Crippen LogP contribution is 2.37. The molecule has 3 unspecified atom stereocenters. The average Bonchev–Trinajstić information content (AvgIpc) is 3.52. The normalized spacial score (nSPS) is 21.9. The topological polar surface area (TPSA) is 84.2 Å². The van der Waals surface area contributed by atoms with Crippen molar-refractivity contribution in [2.45, 2.75) is 89.6 Å². The van der Waals surface area contributed by atoms with Crippen LogP contribution >= 0.6 is 11.3 Å². The van der Waals surface area contributed by atoms with E-state index in [1.165, 1.54) is 30.6 Å². The van der Waals surface area contributed by atoms with Crippen molar-refractivity contribution in [3.05, 3.63) is 52.0 Å². The zero-order valence-corrected chi connectivity index (χ0v) is 21.9. The Kier molecular flexibility index (Phi) is 7.75. The third kappa shape index (κ3) is 5.51. The van der Waals surface area contributed by atoms with Gasteiger partial charge < -0.3 is 15.0 Å². The SMILES string of the molecule is CC1CCCCC1n1c(Cc2cccs2)nc2cc(C(=O)NC(CC3CCCCC3)C(=O)O)ccc21. The largest absolute Gasteiger partial charge is 0.480 e. The van der Waals surface area contributed by atoms with E-state index in [1.807, 2.05) is 18.2 Å². The van der Waals surface area contributed by atoms with Gasteiger partial charge in [0.05, 0.1) is 11.0 Å². The number of carboxylic acids is 1. The average molecular weight is 508 g/mol. The lowest BCUT2D eigenvalue weighted by Crippen LogP contribution is -2.42. The van der Waals surface area contributed by atoms with Gasteiger partial charge in [-0.05, 0) is 60.7 Å². The van der Waals surface area contributed by atoms with E-state index in [4.69, 9.17) is 4.98 Å². The molecule has 3 atom stereocenters. The van der Waals surface area contributed by atoms with Crippen molar-refractivity contribution in [3.63, 3.8) is 0 Å². The summed E-state index contributed by atoms with van der Waals surface area (Å²) in [6.45, 7) is 2.34. The van der Waals surface area contributed by atoms with Crippen molar-refractivity contribution in [2.75, 3.05) is 0 Å². The first-order valence-corrected chi connectivity index (χ1v) is 14.4. The van der Waals surface area contributed by atoms with E-state index in [0.717, 1.165) is 55.4 Å². The lowest BCUT2D eigenvalue weighted by molar-refractivity contribution is -0.139. The van der Waals surface area contributed by atoms with Crippen LogP contribution in [0.1, 0.15) is 98.2 Å². The van der Waals surface area contributed by atoms with Crippen LogP contribution in [0.4, 0.5) is 0 Å². The standard InChI is InChI=1S/C29H37N3O3S/c1-19-8-5-6-12-25(19)32-26-14-13-21(17-23(26)30-27(32)18-22-11-7-15-36-22)28(33)31-24(29(34)35)16-20-9-3-2-4-10-20/h7,11,13-15,17,19-20,24-25H,2-6,8-10,12,16,18H2,1H3,(H,31,33)(H,34,35). The molecule has 2 heterocycles. The van der Waals surface area contributed by atoms with Gasteiger partial charge in [-0.25, -0.2) is 9.78 Å². The van der Waals surface area contributed by atoms with Crippen molar-refractivity contribution in [3.8, 4) is 0 Å². The third-order valence-electron chi connectivity index (χ3n) is 8.23. The smallest absolute Gasteiger partial charge is 0.326 e. The first-order chi connectivity index (χ1) is 17.5. The molecule has 1 amide bonds. The highest BCUT2D eigenvalue weighted by Gasteiger charge is 2.29. The number of fused-ring (bicyclic) bond motifs is 1. The number of nitrogens with zero attached hydrogens (tertiary/aromatic N) is 2. The zero-order valence-electron chi connectivity index (χ0n) is 21.1. The summed E-state index contributed by atoms with van der Waals surface area (Å²) in [5.74, 6) is 0.710. The second-order valence-corrected chi connectivity index (χ2v) is 11.8. The van der Waals surface area contributed by atoms with E-state index in [2.05, 4.69) is 34.3 Å². The molecule has 0 spiro atoms. The quantitative estimate of drug-likeness (QED) is 0.360. The van der Waals surface area contributed by atoms with E-state index >= 15 is 0 Å². The van der Waals surface area contributed by atoms with Crippen LogP contribution in [0.5, 0.6) is 0 Å². The molecule has 36 heavy (non-hydrogen) atoms. The van der Waals surface area contributed by atoms with Crippen molar-refractivity contribution in [1.29, 1.82) is 0 Å². The van der Waals surface area contributed by atoms with Gasteiger partial charge in [-0.1, -0.05) is 57.9 Å². The van der Waals surface area contributed by atoms with Crippen molar-refractivity contribution in [2.24, 2.45) is 11.8 Å². The van der Waals surface area contributed by atoms with Gasteiger partial charge in [-0.2, -0.15) is 0 Å². The van der Waals surface area contributed by atoms with Gasteiger partial charge in [0.15, 0.2) is 0 Å². The summed E-state index contributed by atoms with van der Waals surface area (Å²) in [4.78, 5) is 31.4. The lowest BCUT2D eigenvalue weighted by atomic mass is 9.85. The lowest BCUT2D eigenvalue weighted by Gasteiger charge is -2.31. The summed E-state index contributed by atoms with van der Waals surface area (Å²) in [5.41, 5.74) is 2.35. The number of aromatic nitrogens is 2. The van der Waals surface area contributed by atoms with Crippen LogP contribution in [0.2, 0.25) is 0 Å². The van der Waals surface area contributed by atoms with E-state index in [9.17, 15) is 14.7 Å². The second kappa shape index (κ2) is 11.2. The minimum absolute atomic E-state index is 0.333. The van der Waals surface area contributed by atoms with Gasteiger partial charge in [0, 0.05) is 22.9 Å². The first-order valence-electron chi connectivity index (χ1n) is 13.6. The Balaban J connectivity index is 1.41. The Morgan fingerprint density at radius 3 is 2.61 bits per heavy atom. The van der Waals surface area contributed by atoms with Gasteiger partial charge >= 0.3 is 5.97 Å². The predicted molar refractivity (Wildman–Crippen MR) is 144 cm³/mol. The molecule has 2 N–H and O–H groups in total. The maximum absolute atomic E-state index is 13.1. The summed E-state index contributed by atoms with van der Waals surface area (Å²) in [5, 5.41) is 14.7. The Morgan fingerprint density at radius 2 is 1.89 bits per heavy atom. The molecular weight excluding hydrogens is 470 g/mol. The highest BCUT2D eigenvalue weighted by atomic mass is 32.1. The fourth-order valence-corrected chi connectivity index (χ4v) is 6.95. The molecule has 2 aromatic heterocycles. The van der Waals surface area contributed by atoms with E-state index in [0.29, 0.717) is 29.9 Å². The number of thiophene rings is 1. The van der Waals surface area contributed by atoms with Crippen LogP contribution in [0, 0.1) is 11.8 Å². The predicted octanol–water partition coefficient (Wildman–Crippen LogP) is 6.59. The molecule has 0 aliphatic heterocycles. The number of rotatable bonds is 8. The van der Waals surface area contributed by atoms with E-state index in [-0.39, 0.29) is 5.91 Å². The number of benzene rings is 1. The number of hydrogen-bond acceptors (Lipinski definition) is 4. The van der Waals surface area contributed by atoms with Crippen LogP contribution in [0.15, 0.2) is 35.7 Å². The molecule has 5 rings (SSSR count). The minimum atomic E-state index is -0.955. The number of aliphatic carboxylic acids is 1. The van der Waals surface area contributed by atoms with Crippen molar-refractivity contribution < 1.29 is 14.7 Å². The zero-order chi connectivity index (χ0) is 25.1. The molecule has 3 aromatic rings. The summed E-state index contributed by atoms with van der Waals surface area (Å²) in [6.07, 6.45) is 11.8. The molecule has 0 bridgehead atoms. The Bertz CT molecular complexity index is 1200. The molecule has 2 aliphatic carbocycles. The van der Waals surface area contributed by atoms with Gasteiger partial charge in [-0.15, -0.1) is 11.3 Å². The Morgan fingerprint density at radius 1 is 1.11 bits per heavy atom. The molecule has 1 aromatic carbocycles. The van der Waals surface area contributed by atoms with Crippen LogP contribution in [0.3, 0.4) is 0 Å². The van der Waals surface area contributed by atoms with Crippen molar-refractivity contribution in [1.82, 2.24) is 14.9 Å². The molecule has 0 radical (unpaired) electrons. The number of imidazole rings is 1. The van der Waals surface area contributed by atoms with Crippen molar-refractivity contribution >= 4 is 34.2 Å². The third-order valence-corrected chi connectivity index (χ3v) is 9.11. The van der Waals surface area contributed by atoms with Gasteiger partial charge in [0.2, 0.25) is 0 Å². The minimum Gasteiger partial charge on any atom is -0.480 e. The molecule has 2 saturated carbocycles.